The predicted molar refractivity (Wildman–Crippen MR) is 39.0 cm³/mol. The van der Waals surface area contributed by atoms with E-state index in [0.717, 1.165) is 19.4 Å². The summed E-state index contributed by atoms with van der Waals surface area (Å²) in [6, 6.07) is 0.415. The summed E-state index contributed by atoms with van der Waals surface area (Å²) in [5.74, 6) is 0. The van der Waals surface area contributed by atoms with Crippen LogP contribution in [0.25, 0.3) is 0 Å². The Morgan fingerprint density at radius 1 is 1.67 bits per heavy atom. The molecule has 2 nitrogen and oxygen atoms in total. The van der Waals surface area contributed by atoms with Gasteiger partial charge in [-0.1, -0.05) is 6.92 Å². The van der Waals surface area contributed by atoms with Crippen LogP contribution >= 0.6 is 0 Å². The summed E-state index contributed by atoms with van der Waals surface area (Å²) in [6.07, 6.45) is 3.49. The van der Waals surface area contributed by atoms with E-state index in [1.807, 2.05) is 0 Å². The first-order chi connectivity index (χ1) is 4.16. The van der Waals surface area contributed by atoms with Crippen molar-refractivity contribution in [3.63, 3.8) is 0 Å². The number of hydrogen-bond donors (Lipinski definition) is 2. The summed E-state index contributed by atoms with van der Waals surface area (Å²) in [5, 5.41) is 0. The first-order valence-corrected chi connectivity index (χ1v) is 3.62. The van der Waals surface area contributed by atoms with E-state index in [4.69, 9.17) is 11.5 Å². The highest BCUT2D eigenvalue weighted by molar-refractivity contribution is 4.87. The molecule has 1 fully saturated rings. The van der Waals surface area contributed by atoms with Crippen molar-refractivity contribution in [1.82, 2.24) is 0 Å². The fourth-order valence-corrected chi connectivity index (χ4v) is 1.56. The maximum Gasteiger partial charge on any atom is 0.00446 e. The minimum Gasteiger partial charge on any atom is -0.330 e. The molecule has 9 heavy (non-hydrogen) atoms. The van der Waals surface area contributed by atoms with Gasteiger partial charge in [-0.25, -0.2) is 0 Å². The maximum absolute atomic E-state index is 5.73. The lowest BCUT2D eigenvalue weighted by molar-refractivity contribution is 0.345. The first kappa shape index (κ1) is 7.03. The van der Waals surface area contributed by atoms with E-state index in [1.165, 1.54) is 6.42 Å². The Bertz CT molecular complexity index is 103. The molecule has 0 aromatic heterocycles. The van der Waals surface area contributed by atoms with Crippen molar-refractivity contribution in [3.8, 4) is 0 Å². The lowest BCUT2D eigenvalue weighted by Gasteiger charge is -2.20. The molecule has 0 heterocycles. The third-order valence-corrected chi connectivity index (χ3v) is 2.37. The molecule has 0 saturated heterocycles. The van der Waals surface area contributed by atoms with Crippen LogP contribution in [0.5, 0.6) is 0 Å². The molecular formula is C7H16N2. The Kier molecular flexibility index (Phi) is 1.78. The van der Waals surface area contributed by atoms with Crippen molar-refractivity contribution >= 4 is 0 Å². The van der Waals surface area contributed by atoms with E-state index in [9.17, 15) is 0 Å². The van der Waals surface area contributed by atoms with Gasteiger partial charge in [0.2, 0.25) is 0 Å². The van der Waals surface area contributed by atoms with E-state index < -0.39 is 0 Å². The second-order valence-electron chi connectivity index (χ2n) is 3.52. The smallest absolute Gasteiger partial charge is 0.00446 e. The average Bonchev–Trinajstić information content (AvgIpc) is 2.13. The molecule has 1 aliphatic carbocycles. The lowest BCUT2D eigenvalue weighted by Crippen LogP contribution is -2.26. The van der Waals surface area contributed by atoms with Gasteiger partial charge in [-0.2, -0.15) is 0 Å². The van der Waals surface area contributed by atoms with Crippen molar-refractivity contribution in [2.75, 3.05) is 6.54 Å². The zero-order chi connectivity index (χ0) is 6.91. The zero-order valence-electron chi connectivity index (χ0n) is 6.06. The second-order valence-corrected chi connectivity index (χ2v) is 3.52. The molecular weight excluding hydrogens is 112 g/mol. The minimum absolute atomic E-state index is 0.361. The molecule has 1 saturated carbocycles. The molecule has 0 aliphatic heterocycles. The van der Waals surface area contributed by atoms with Gasteiger partial charge in [0.1, 0.15) is 0 Å². The molecule has 0 radical (unpaired) electrons. The fourth-order valence-electron chi connectivity index (χ4n) is 1.56. The van der Waals surface area contributed by atoms with Crippen LogP contribution in [0, 0.1) is 5.41 Å². The third-order valence-electron chi connectivity index (χ3n) is 2.37. The van der Waals surface area contributed by atoms with Gasteiger partial charge in [-0.15, -0.1) is 0 Å². The van der Waals surface area contributed by atoms with E-state index >= 15 is 0 Å². The van der Waals surface area contributed by atoms with Crippen LogP contribution in [0.1, 0.15) is 26.2 Å². The highest BCUT2D eigenvalue weighted by atomic mass is 14.7. The predicted octanol–water partition coefficient (Wildman–Crippen LogP) is 0.463. The van der Waals surface area contributed by atoms with Gasteiger partial charge in [0.15, 0.2) is 0 Å². The molecule has 0 aromatic rings. The summed E-state index contributed by atoms with van der Waals surface area (Å²) in [7, 11) is 0. The summed E-state index contributed by atoms with van der Waals surface area (Å²) in [5.41, 5.74) is 11.7. The van der Waals surface area contributed by atoms with E-state index in [1.54, 1.807) is 0 Å². The normalized spacial score (nSPS) is 43.7. The van der Waals surface area contributed by atoms with Crippen LogP contribution in [0.4, 0.5) is 0 Å². The third kappa shape index (κ3) is 1.43. The van der Waals surface area contributed by atoms with Gasteiger partial charge >= 0.3 is 0 Å². The molecule has 54 valence electrons. The standard InChI is InChI=1S/C7H16N2/c1-7(5-8)3-2-6(9)4-7/h6H,2-5,8-9H2,1H3. The summed E-state index contributed by atoms with van der Waals surface area (Å²) in [6.45, 7) is 3.01. The largest absolute Gasteiger partial charge is 0.330 e. The minimum atomic E-state index is 0.361. The Balaban J connectivity index is 2.45. The van der Waals surface area contributed by atoms with Crippen LogP contribution in [0.2, 0.25) is 0 Å². The Morgan fingerprint density at radius 3 is 2.56 bits per heavy atom. The number of nitrogens with two attached hydrogens (primary N) is 2. The Labute approximate surface area is 56.6 Å². The molecule has 0 spiro atoms. The highest BCUT2D eigenvalue weighted by Gasteiger charge is 2.31. The molecule has 0 aromatic carbocycles. The van der Waals surface area contributed by atoms with Gasteiger partial charge in [-0.05, 0) is 31.2 Å². The van der Waals surface area contributed by atoms with Crippen LogP contribution in [-0.2, 0) is 0 Å². The molecule has 0 bridgehead atoms. The van der Waals surface area contributed by atoms with Crippen molar-refractivity contribution in [3.05, 3.63) is 0 Å². The SMILES string of the molecule is CC1(CN)CCC(N)C1. The van der Waals surface area contributed by atoms with Crippen molar-refractivity contribution in [2.45, 2.75) is 32.2 Å². The molecule has 2 atom stereocenters. The van der Waals surface area contributed by atoms with Crippen LogP contribution in [0.3, 0.4) is 0 Å². The van der Waals surface area contributed by atoms with Crippen molar-refractivity contribution < 1.29 is 0 Å². The summed E-state index contributed by atoms with van der Waals surface area (Å²) in [4.78, 5) is 0. The van der Waals surface area contributed by atoms with Gasteiger partial charge in [0, 0.05) is 6.04 Å². The van der Waals surface area contributed by atoms with Crippen molar-refractivity contribution in [2.24, 2.45) is 16.9 Å². The summed E-state index contributed by atoms with van der Waals surface area (Å²) >= 11 is 0. The van der Waals surface area contributed by atoms with Gasteiger partial charge < -0.3 is 11.5 Å². The monoisotopic (exact) mass is 128 g/mol. The lowest BCUT2D eigenvalue weighted by atomic mass is 9.89. The number of rotatable bonds is 1. The fraction of sp³-hybridized carbons (Fsp3) is 1.00. The van der Waals surface area contributed by atoms with Crippen LogP contribution in [-0.4, -0.2) is 12.6 Å². The average molecular weight is 128 g/mol. The molecule has 0 amide bonds. The maximum atomic E-state index is 5.73. The molecule has 1 rings (SSSR count). The summed E-state index contributed by atoms with van der Waals surface area (Å²) < 4.78 is 0. The number of hydrogen-bond acceptors (Lipinski definition) is 2. The molecule has 2 unspecified atom stereocenters. The molecule has 4 N–H and O–H groups in total. The van der Waals surface area contributed by atoms with Crippen molar-refractivity contribution in [1.29, 1.82) is 0 Å². The van der Waals surface area contributed by atoms with Crippen LogP contribution in [0.15, 0.2) is 0 Å². The molecule has 1 aliphatic rings. The van der Waals surface area contributed by atoms with E-state index in [0.29, 0.717) is 11.5 Å². The Morgan fingerprint density at radius 2 is 2.33 bits per heavy atom. The van der Waals surface area contributed by atoms with E-state index in [-0.39, 0.29) is 0 Å². The topological polar surface area (TPSA) is 52.0 Å². The van der Waals surface area contributed by atoms with Gasteiger partial charge in [0.05, 0.1) is 0 Å². The quantitative estimate of drug-likeness (QED) is 0.539. The van der Waals surface area contributed by atoms with Gasteiger partial charge in [0.25, 0.3) is 0 Å². The Hall–Kier alpha value is -0.0800. The second kappa shape index (κ2) is 2.27. The molecule has 2 heteroatoms. The first-order valence-electron chi connectivity index (χ1n) is 3.62. The van der Waals surface area contributed by atoms with Crippen LogP contribution < -0.4 is 11.5 Å². The van der Waals surface area contributed by atoms with Gasteiger partial charge in [-0.3, -0.25) is 0 Å². The van der Waals surface area contributed by atoms with E-state index in [2.05, 4.69) is 6.92 Å². The highest BCUT2D eigenvalue weighted by Crippen LogP contribution is 2.35. The zero-order valence-corrected chi connectivity index (χ0v) is 6.06.